The number of carbonyl (C=O) groups is 1. The molecule has 0 spiro atoms. The first-order valence-electron chi connectivity index (χ1n) is 12.4. The van der Waals surface area contributed by atoms with Crippen molar-refractivity contribution in [2.75, 3.05) is 26.3 Å². The summed E-state index contributed by atoms with van der Waals surface area (Å²) in [6.45, 7) is 3.93. The van der Waals surface area contributed by atoms with E-state index in [1.165, 1.54) is 4.68 Å². The van der Waals surface area contributed by atoms with Gasteiger partial charge >= 0.3 is 0 Å². The van der Waals surface area contributed by atoms with E-state index in [0.29, 0.717) is 49.7 Å². The minimum absolute atomic E-state index is 0.0223. The van der Waals surface area contributed by atoms with Crippen molar-refractivity contribution in [3.05, 3.63) is 59.2 Å². The van der Waals surface area contributed by atoms with Crippen LogP contribution >= 0.6 is 0 Å². The molecule has 2 aliphatic rings. The molecule has 4 heterocycles. The van der Waals surface area contributed by atoms with Gasteiger partial charge in [-0.15, -0.1) is 0 Å². The van der Waals surface area contributed by atoms with Gasteiger partial charge in [-0.1, -0.05) is 18.2 Å². The van der Waals surface area contributed by atoms with Crippen molar-refractivity contribution in [1.29, 1.82) is 5.41 Å². The average Bonchev–Trinajstić information content (AvgIpc) is 3.30. The van der Waals surface area contributed by atoms with E-state index >= 15 is 0 Å². The SMILES string of the molecule is CC(=O)N1CCC(NC2CCOCC2)=C(C(=N)c2cccc3cc(-c4cn(C)nc4C(F)F)ncc23)C1. The lowest BCUT2D eigenvalue weighted by atomic mass is 9.92. The number of aromatic nitrogens is 3. The van der Waals surface area contributed by atoms with Crippen LogP contribution in [-0.2, 0) is 16.6 Å². The highest BCUT2D eigenvalue weighted by Gasteiger charge is 2.27. The number of fused-ring (bicyclic) bond motifs is 1. The summed E-state index contributed by atoms with van der Waals surface area (Å²) in [4.78, 5) is 18.4. The number of rotatable bonds is 6. The summed E-state index contributed by atoms with van der Waals surface area (Å²) in [5.74, 6) is -0.0223. The Bertz CT molecular complexity index is 1380. The molecule has 0 bridgehead atoms. The van der Waals surface area contributed by atoms with Crippen molar-refractivity contribution in [3.8, 4) is 11.3 Å². The molecule has 0 radical (unpaired) electrons. The van der Waals surface area contributed by atoms with Crippen LogP contribution in [0.3, 0.4) is 0 Å². The Hall–Kier alpha value is -3.66. The van der Waals surface area contributed by atoms with Crippen molar-refractivity contribution in [2.45, 2.75) is 38.7 Å². The van der Waals surface area contributed by atoms with Gasteiger partial charge in [0.25, 0.3) is 6.43 Å². The molecule has 8 nitrogen and oxygen atoms in total. The Morgan fingerprint density at radius 2 is 2.05 bits per heavy atom. The van der Waals surface area contributed by atoms with Crippen LogP contribution in [0.15, 0.2) is 47.9 Å². The van der Waals surface area contributed by atoms with Crippen LogP contribution in [0.5, 0.6) is 0 Å². The lowest BCUT2D eigenvalue weighted by Gasteiger charge is -2.34. The Balaban J connectivity index is 1.53. The molecule has 37 heavy (non-hydrogen) atoms. The number of hydrogen-bond acceptors (Lipinski definition) is 6. The number of amides is 1. The normalized spacial score (nSPS) is 17.1. The largest absolute Gasteiger partial charge is 0.385 e. The summed E-state index contributed by atoms with van der Waals surface area (Å²) >= 11 is 0. The minimum atomic E-state index is -2.71. The molecule has 0 aliphatic carbocycles. The quantitative estimate of drug-likeness (QED) is 0.486. The summed E-state index contributed by atoms with van der Waals surface area (Å²) < 4.78 is 33.9. The van der Waals surface area contributed by atoms with E-state index < -0.39 is 6.43 Å². The first kappa shape index (κ1) is 25.0. The number of benzene rings is 1. The Labute approximate surface area is 213 Å². The van der Waals surface area contributed by atoms with Gasteiger partial charge < -0.3 is 15.0 Å². The third kappa shape index (κ3) is 5.11. The predicted octanol–water partition coefficient (Wildman–Crippen LogP) is 4.22. The molecular weight excluding hydrogens is 478 g/mol. The molecule has 2 aliphatic heterocycles. The zero-order valence-corrected chi connectivity index (χ0v) is 20.9. The van der Waals surface area contributed by atoms with Crippen LogP contribution in [0.4, 0.5) is 8.78 Å². The molecule has 0 unspecified atom stereocenters. The van der Waals surface area contributed by atoms with Gasteiger partial charge in [0.1, 0.15) is 5.69 Å². The summed E-state index contributed by atoms with van der Waals surface area (Å²) in [6.07, 6.45) is 2.91. The van der Waals surface area contributed by atoms with Gasteiger partial charge in [-0.2, -0.15) is 5.10 Å². The van der Waals surface area contributed by atoms with Crippen LogP contribution in [0.2, 0.25) is 0 Å². The first-order valence-corrected chi connectivity index (χ1v) is 12.4. The van der Waals surface area contributed by atoms with Crippen molar-refractivity contribution < 1.29 is 18.3 Å². The summed E-state index contributed by atoms with van der Waals surface area (Å²) in [5, 5.41) is 18.3. The van der Waals surface area contributed by atoms with Gasteiger partial charge in [0, 0.05) is 92.9 Å². The number of carbonyl (C=O) groups excluding carboxylic acids is 1. The molecule has 2 N–H and O–H groups in total. The van der Waals surface area contributed by atoms with Gasteiger partial charge in [0.05, 0.1) is 11.4 Å². The fraction of sp³-hybridized carbons (Fsp3) is 0.407. The highest BCUT2D eigenvalue weighted by atomic mass is 19.3. The van der Waals surface area contributed by atoms with Crippen molar-refractivity contribution in [2.24, 2.45) is 7.05 Å². The molecule has 2 aromatic heterocycles. The van der Waals surface area contributed by atoms with E-state index in [0.717, 1.165) is 34.9 Å². The third-order valence-corrected chi connectivity index (χ3v) is 7.07. The molecule has 5 rings (SSSR count). The second-order valence-electron chi connectivity index (χ2n) is 9.55. The van der Waals surface area contributed by atoms with Gasteiger partial charge in [0.15, 0.2) is 0 Å². The van der Waals surface area contributed by atoms with Gasteiger partial charge in [-0.05, 0) is 24.3 Å². The van der Waals surface area contributed by atoms with E-state index in [1.54, 1.807) is 37.3 Å². The Kier molecular flexibility index (Phi) is 7.01. The van der Waals surface area contributed by atoms with Crippen molar-refractivity contribution >= 4 is 22.4 Å². The minimum Gasteiger partial charge on any atom is -0.385 e. The zero-order valence-electron chi connectivity index (χ0n) is 20.9. The number of nitrogens with one attached hydrogen (secondary N) is 2. The number of hydrogen-bond donors (Lipinski definition) is 2. The Morgan fingerprint density at radius 3 is 2.78 bits per heavy atom. The Morgan fingerprint density at radius 1 is 1.27 bits per heavy atom. The fourth-order valence-electron chi connectivity index (χ4n) is 5.07. The van der Waals surface area contributed by atoms with E-state index in [4.69, 9.17) is 4.74 Å². The van der Waals surface area contributed by atoms with Crippen LogP contribution in [0.25, 0.3) is 22.0 Å². The monoisotopic (exact) mass is 508 g/mol. The predicted molar refractivity (Wildman–Crippen MR) is 137 cm³/mol. The summed E-state index contributed by atoms with van der Waals surface area (Å²) in [5.41, 5.74) is 3.18. The molecule has 194 valence electrons. The van der Waals surface area contributed by atoms with Crippen LogP contribution < -0.4 is 5.32 Å². The number of pyridine rings is 1. The molecular formula is C27H30F2N6O2. The molecule has 0 atom stereocenters. The van der Waals surface area contributed by atoms with Crippen LogP contribution in [0.1, 0.15) is 43.9 Å². The molecule has 1 saturated heterocycles. The molecule has 1 fully saturated rings. The number of ether oxygens (including phenoxy) is 1. The van der Waals surface area contributed by atoms with E-state index in [1.807, 2.05) is 18.2 Å². The number of nitrogens with zero attached hydrogens (tertiary/aromatic N) is 4. The lowest BCUT2D eigenvalue weighted by Crippen LogP contribution is -2.43. The maximum Gasteiger partial charge on any atom is 0.282 e. The number of alkyl halides is 2. The van der Waals surface area contributed by atoms with Crippen molar-refractivity contribution in [3.63, 3.8) is 0 Å². The fourth-order valence-corrected chi connectivity index (χ4v) is 5.07. The highest BCUT2D eigenvalue weighted by molar-refractivity contribution is 6.18. The summed E-state index contributed by atoms with van der Waals surface area (Å²) in [7, 11) is 1.60. The van der Waals surface area contributed by atoms with Crippen LogP contribution in [-0.4, -0.2) is 63.6 Å². The third-order valence-electron chi connectivity index (χ3n) is 7.07. The lowest BCUT2D eigenvalue weighted by molar-refractivity contribution is -0.128. The molecule has 0 saturated carbocycles. The topological polar surface area (TPSA) is 96.1 Å². The van der Waals surface area contributed by atoms with Gasteiger partial charge in [-0.3, -0.25) is 19.9 Å². The van der Waals surface area contributed by atoms with E-state index in [9.17, 15) is 19.0 Å². The number of halogens is 2. The number of aryl methyl sites for hydroxylation is 1. The average molecular weight is 509 g/mol. The highest BCUT2D eigenvalue weighted by Crippen LogP contribution is 2.32. The maximum atomic E-state index is 13.5. The molecule has 1 amide bonds. The zero-order chi connectivity index (χ0) is 26.1. The van der Waals surface area contributed by atoms with Gasteiger partial charge in [0.2, 0.25) is 5.91 Å². The van der Waals surface area contributed by atoms with E-state index in [2.05, 4.69) is 15.4 Å². The van der Waals surface area contributed by atoms with Gasteiger partial charge in [-0.25, -0.2) is 8.78 Å². The smallest absolute Gasteiger partial charge is 0.282 e. The standard InChI is InChI=1S/C27H30F2N6O2/c1-16(36)35-9-6-23(32-18-7-10-37-11-8-18)21(15-35)25(30)19-5-3-4-17-12-24(31-13-20(17)19)22-14-34(2)33-26(22)27(28)29/h3-5,12-14,18,27,30,32H,6-11,15H2,1-2H3. The first-order chi connectivity index (χ1) is 17.8. The second-order valence-corrected chi connectivity index (χ2v) is 9.55. The molecule has 10 heteroatoms. The summed E-state index contributed by atoms with van der Waals surface area (Å²) in [6, 6.07) is 7.63. The molecule has 3 aromatic rings. The second kappa shape index (κ2) is 10.4. The molecule has 1 aromatic carbocycles. The van der Waals surface area contributed by atoms with E-state index in [-0.39, 0.29) is 23.2 Å². The maximum absolute atomic E-state index is 13.5. The van der Waals surface area contributed by atoms with Crippen LogP contribution in [0, 0.1) is 5.41 Å². The van der Waals surface area contributed by atoms with Crippen molar-refractivity contribution in [1.82, 2.24) is 25.0 Å².